The molecule has 0 saturated carbocycles. The topological polar surface area (TPSA) is 68.0 Å². The molecule has 1 amide bonds. The third kappa shape index (κ3) is 3.20. The Hall–Kier alpha value is -2.54. The molecule has 0 radical (unpaired) electrons. The lowest BCUT2D eigenvalue weighted by molar-refractivity contribution is 0.0949. The molecule has 1 aromatic carbocycles. The maximum atomic E-state index is 13.5. The molecule has 5 nitrogen and oxygen atoms in total. The lowest BCUT2D eigenvalue weighted by Gasteiger charge is -2.04. The number of hydrogen-bond acceptors (Lipinski definition) is 5. The number of carbonyl (C=O) groups is 1. The highest BCUT2D eigenvalue weighted by molar-refractivity contribution is 7.13. The van der Waals surface area contributed by atoms with Crippen molar-refractivity contribution in [1.82, 2.24) is 15.5 Å². The molecule has 1 N–H and O–H groups in total. The summed E-state index contributed by atoms with van der Waals surface area (Å²) in [7, 11) is 0. The lowest BCUT2D eigenvalue weighted by atomic mass is 10.2. The van der Waals surface area contributed by atoms with Gasteiger partial charge >= 0.3 is 0 Å². The quantitative estimate of drug-likeness (QED) is 0.785. The van der Waals surface area contributed by atoms with Crippen molar-refractivity contribution in [2.24, 2.45) is 0 Å². The highest BCUT2D eigenvalue weighted by Crippen LogP contribution is 2.21. The molecule has 0 spiro atoms. The Labute approximate surface area is 129 Å². The minimum absolute atomic E-state index is 0.0207. The van der Waals surface area contributed by atoms with Crippen LogP contribution in [0.2, 0.25) is 0 Å². The minimum atomic E-state index is -0.544. The summed E-state index contributed by atoms with van der Waals surface area (Å²) in [6, 6.07) is 9.65. The Bertz CT molecular complexity index is 771. The Morgan fingerprint density at radius 2 is 2.14 bits per heavy atom. The molecule has 3 rings (SSSR count). The van der Waals surface area contributed by atoms with Gasteiger partial charge in [-0.25, -0.2) is 4.39 Å². The molecule has 2 aromatic heterocycles. The van der Waals surface area contributed by atoms with Crippen molar-refractivity contribution < 1.29 is 13.7 Å². The van der Waals surface area contributed by atoms with Gasteiger partial charge in [0.05, 0.1) is 10.4 Å². The summed E-state index contributed by atoms with van der Waals surface area (Å²) in [6.45, 7) is 0.291. The number of benzene rings is 1. The fourth-order valence-corrected chi connectivity index (χ4v) is 2.54. The van der Waals surface area contributed by atoms with Crippen LogP contribution < -0.4 is 5.32 Å². The molecule has 2 heterocycles. The summed E-state index contributed by atoms with van der Waals surface area (Å²) in [5.74, 6) is -0.0449. The van der Waals surface area contributed by atoms with E-state index in [1.807, 2.05) is 17.5 Å². The molecule has 0 aliphatic rings. The predicted octanol–water partition coefficient (Wildman–Crippen LogP) is 2.91. The van der Waals surface area contributed by atoms with Gasteiger partial charge in [0.25, 0.3) is 5.91 Å². The third-order valence-corrected chi connectivity index (χ3v) is 3.82. The number of carbonyl (C=O) groups excluding carboxylic acids is 1. The standard InChI is InChI=1S/C15H12FN3O2S/c16-11-5-2-1-4-10(11)15(20)17-8-7-13-18-14(19-21-13)12-6-3-9-22-12/h1-6,9H,7-8H2,(H,17,20). The zero-order valence-electron chi connectivity index (χ0n) is 11.5. The van der Waals surface area contributed by atoms with Gasteiger partial charge in [-0.3, -0.25) is 4.79 Å². The van der Waals surface area contributed by atoms with Gasteiger partial charge in [0.15, 0.2) is 0 Å². The van der Waals surface area contributed by atoms with Crippen LogP contribution in [-0.4, -0.2) is 22.6 Å². The average molecular weight is 317 g/mol. The monoisotopic (exact) mass is 317 g/mol. The Kier molecular flexibility index (Phi) is 4.24. The van der Waals surface area contributed by atoms with Crippen LogP contribution in [0.1, 0.15) is 16.2 Å². The number of halogens is 1. The number of hydrogen-bond donors (Lipinski definition) is 1. The second-order valence-corrected chi connectivity index (χ2v) is 5.42. The highest BCUT2D eigenvalue weighted by atomic mass is 32.1. The summed E-state index contributed by atoms with van der Waals surface area (Å²) < 4.78 is 18.6. The molecule has 0 saturated heterocycles. The van der Waals surface area contributed by atoms with Crippen molar-refractivity contribution >= 4 is 17.2 Å². The van der Waals surface area contributed by atoms with E-state index < -0.39 is 11.7 Å². The van der Waals surface area contributed by atoms with Gasteiger partial charge in [0, 0.05) is 13.0 Å². The molecule has 0 aliphatic heterocycles. The first-order chi connectivity index (χ1) is 10.7. The second-order valence-electron chi connectivity index (χ2n) is 4.47. The van der Waals surface area contributed by atoms with Gasteiger partial charge in [-0.1, -0.05) is 23.4 Å². The maximum absolute atomic E-state index is 13.5. The van der Waals surface area contributed by atoms with E-state index in [2.05, 4.69) is 15.5 Å². The number of amides is 1. The zero-order chi connectivity index (χ0) is 15.4. The van der Waals surface area contributed by atoms with Crippen molar-refractivity contribution in [2.75, 3.05) is 6.54 Å². The zero-order valence-corrected chi connectivity index (χ0v) is 12.3. The molecule has 22 heavy (non-hydrogen) atoms. The van der Waals surface area contributed by atoms with Crippen LogP contribution >= 0.6 is 11.3 Å². The summed E-state index contributed by atoms with van der Waals surface area (Å²) in [6.07, 6.45) is 0.387. The SMILES string of the molecule is O=C(NCCc1nc(-c2cccs2)no1)c1ccccc1F. The predicted molar refractivity (Wildman–Crippen MR) is 80.0 cm³/mol. The molecular weight excluding hydrogens is 305 g/mol. The van der Waals surface area contributed by atoms with Gasteiger partial charge in [0.1, 0.15) is 5.82 Å². The Morgan fingerprint density at radius 3 is 2.91 bits per heavy atom. The van der Waals surface area contributed by atoms with Crippen molar-refractivity contribution in [3.8, 4) is 10.7 Å². The van der Waals surface area contributed by atoms with E-state index in [9.17, 15) is 9.18 Å². The van der Waals surface area contributed by atoms with E-state index in [-0.39, 0.29) is 5.56 Å². The molecule has 3 aromatic rings. The van der Waals surface area contributed by atoms with Gasteiger partial charge in [-0.2, -0.15) is 4.98 Å². The normalized spacial score (nSPS) is 10.6. The molecule has 0 atom stereocenters. The highest BCUT2D eigenvalue weighted by Gasteiger charge is 2.12. The number of nitrogens with zero attached hydrogens (tertiary/aromatic N) is 2. The fraction of sp³-hybridized carbons (Fsp3) is 0.133. The molecule has 112 valence electrons. The van der Waals surface area contributed by atoms with Crippen molar-refractivity contribution in [3.63, 3.8) is 0 Å². The number of nitrogens with one attached hydrogen (secondary N) is 1. The number of rotatable bonds is 5. The van der Waals surface area contributed by atoms with Crippen LogP contribution in [0, 0.1) is 5.82 Å². The molecule has 0 aliphatic carbocycles. The van der Waals surface area contributed by atoms with Crippen molar-refractivity contribution in [3.05, 3.63) is 59.0 Å². The van der Waals surface area contributed by atoms with E-state index in [0.29, 0.717) is 24.7 Å². The first kappa shape index (κ1) is 14.4. The van der Waals surface area contributed by atoms with Crippen LogP contribution in [0.25, 0.3) is 10.7 Å². The molecule has 7 heteroatoms. The number of thiophene rings is 1. The average Bonchev–Trinajstić information content (AvgIpc) is 3.18. The summed E-state index contributed by atoms with van der Waals surface area (Å²) >= 11 is 1.52. The first-order valence-corrected chi connectivity index (χ1v) is 7.51. The molecule has 0 fully saturated rings. The van der Waals surface area contributed by atoms with Gasteiger partial charge < -0.3 is 9.84 Å². The van der Waals surface area contributed by atoms with Crippen LogP contribution in [0.4, 0.5) is 4.39 Å². The van der Waals surface area contributed by atoms with Gasteiger partial charge in [0.2, 0.25) is 11.7 Å². The molecular formula is C15H12FN3O2S. The van der Waals surface area contributed by atoms with Crippen LogP contribution in [0.15, 0.2) is 46.3 Å². The van der Waals surface area contributed by atoms with E-state index in [1.54, 1.807) is 6.07 Å². The summed E-state index contributed by atoms with van der Waals surface area (Å²) in [4.78, 5) is 17.0. The fourth-order valence-electron chi connectivity index (χ4n) is 1.89. The third-order valence-electron chi connectivity index (χ3n) is 2.95. The first-order valence-electron chi connectivity index (χ1n) is 6.63. The Balaban J connectivity index is 1.55. The van der Waals surface area contributed by atoms with E-state index in [0.717, 1.165) is 4.88 Å². The molecule has 0 unspecified atom stereocenters. The van der Waals surface area contributed by atoms with E-state index in [1.165, 1.54) is 29.5 Å². The number of aromatic nitrogens is 2. The molecule has 0 bridgehead atoms. The van der Waals surface area contributed by atoms with Crippen molar-refractivity contribution in [1.29, 1.82) is 0 Å². The van der Waals surface area contributed by atoms with Crippen LogP contribution in [-0.2, 0) is 6.42 Å². The van der Waals surface area contributed by atoms with Crippen molar-refractivity contribution in [2.45, 2.75) is 6.42 Å². The van der Waals surface area contributed by atoms with E-state index >= 15 is 0 Å². The van der Waals surface area contributed by atoms with Crippen LogP contribution in [0.5, 0.6) is 0 Å². The summed E-state index contributed by atoms with van der Waals surface area (Å²) in [5, 5.41) is 8.44. The maximum Gasteiger partial charge on any atom is 0.254 e. The van der Waals surface area contributed by atoms with Crippen LogP contribution in [0.3, 0.4) is 0 Å². The van der Waals surface area contributed by atoms with E-state index in [4.69, 9.17) is 4.52 Å². The Morgan fingerprint density at radius 1 is 1.27 bits per heavy atom. The lowest BCUT2D eigenvalue weighted by Crippen LogP contribution is -2.26. The smallest absolute Gasteiger partial charge is 0.254 e. The van der Waals surface area contributed by atoms with Gasteiger partial charge in [-0.15, -0.1) is 11.3 Å². The largest absolute Gasteiger partial charge is 0.351 e. The van der Waals surface area contributed by atoms with Gasteiger partial charge in [-0.05, 0) is 23.6 Å². The summed E-state index contributed by atoms with van der Waals surface area (Å²) in [5.41, 5.74) is 0.0207. The minimum Gasteiger partial charge on any atom is -0.351 e. The second kappa shape index (κ2) is 6.48.